The van der Waals surface area contributed by atoms with E-state index in [0.717, 1.165) is 34.8 Å². The van der Waals surface area contributed by atoms with Gasteiger partial charge in [-0.2, -0.15) is 4.57 Å². The lowest BCUT2D eigenvalue weighted by atomic mass is 10.1. The largest absolute Gasteiger partial charge is 0.487 e. The Hall–Kier alpha value is -1.32. The van der Waals surface area contributed by atoms with Gasteiger partial charge in [0.15, 0.2) is 11.9 Å². The van der Waals surface area contributed by atoms with Gasteiger partial charge in [-0.15, -0.1) is 0 Å². The second kappa shape index (κ2) is 17.2. The molecular formula is C23H45N3O15P4+2. The van der Waals surface area contributed by atoms with Gasteiger partial charge in [-0.3, -0.25) is 18.3 Å². The summed E-state index contributed by atoms with van der Waals surface area (Å²) in [4.78, 5) is 72.8. The summed E-state index contributed by atoms with van der Waals surface area (Å²) in [5.74, 6) is 0.345. The Balaban J connectivity index is 0.000000454. The predicted octanol–water partition coefficient (Wildman–Crippen LogP) is 0.902. The molecule has 45 heavy (non-hydrogen) atoms. The number of hydrogen-bond acceptors (Lipinski definition) is 7. The number of aryl methyl sites for hydroxylation is 1. The molecule has 2 aromatic rings. The molecule has 260 valence electrons. The average molecular weight is 728 g/mol. The van der Waals surface area contributed by atoms with Crippen LogP contribution in [0.5, 0.6) is 5.75 Å². The monoisotopic (exact) mass is 727 g/mol. The van der Waals surface area contributed by atoms with E-state index in [1.807, 2.05) is 6.92 Å². The first kappa shape index (κ1) is 41.7. The van der Waals surface area contributed by atoms with E-state index >= 15 is 0 Å². The first-order valence-corrected chi connectivity index (χ1v) is 20.3. The van der Waals surface area contributed by atoms with Crippen molar-refractivity contribution in [2.45, 2.75) is 88.6 Å². The van der Waals surface area contributed by atoms with E-state index < -0.39 is 53.6 Å². The molecule has 2 aromatic heterocycles. The number of pyridine rings is 1. The van der Waals surface area contributed by atoms with Crippen LogP contribution < -0.4 is 13.9 Å². The standard InChI is InChI=1S/C13H26N2O7P2.C10H17NO8P2/c1-2-3-4-5-6-7-8-14-9-10-15(12-14)11-13(16,23(17,18)19)24(20,21)22;1-2-6-19-9-4-3-5-11(7-9)8-10(12,20(13,14)15)21(16,17)18/h9-10,12,16H,2-8,11H2,1H3,(H3-,17,18,19,20,21,22);3-5,7,12H,2,6,8H2,1H3,(H3-,13,14,15,16,17,18)/p+2. The van der Waals surface area contributed by atoms with Gasteiger partial charge in [0.05, 0.1) is 13.2 Å². The van der Waals surface area contributed by atoms with Crippen LogP contribution in [0.2, 0.25) is 0 Å². The normalized spacial score (nSPS) is 13.3. The van der Waals surface area contributed by atoms with Crippen molar-refractivity contribution in [1.82, 2.24) is 4.57 Å². The van der Waals surface area contributed by atoms with Crippen LogP contribution in [0, 0.1) is 0 Å². The Labute approximate surface area is 260 Å². The molecule has 22 heteroatoms. The molecule has 0 atom stereocenters. The molecule has 0 fully saturated rings. The lowest BCUT2D eigenvalue weighted by Crippen LogP contribution is -2.47. The zero-order chi connectivity index (χ0) is 34.7. The molecule has 0 unspecified atom stereocenters. The quantitative estimate of drug-likeness (QED) is 0.0580. The fourth-order valence-electron chi connectivity index (χ4n) is 3.84. The third-order valence-electron chi connectivity index (χ3n) is 6.48. The maximum atomic E-state index is 11.3. The topological polar surface area (TPSA) is 292 Å². The van der Waals surface area contributed by atoms with E-state index in [2.05, 4.69) is 6.92 Å². The molecule has 0 aliphatic heterocycles. The number of hydrogen-bond donors (Lipinski definition) is 10. The molecular weight excluding hydrogens is 682 g/mol. The number of ether oxygens (including phenoxy) is 1. The SMILES string of the molecule is CCCCCCCCn1cc[n+](CC(O)(P(=O)(O)O)P(=O)(O)O)c1.CCCOc1ccc[n+](CC(O)(P(=O)(O)O)P(=O)(O)O)c1. The Kier molecular flexibility index (Phi) is 15.9. The van der Waals surface area contributed by atoms with E-state index in [1.165, 1.54) is 50.2 Å². The van der Waals surface area contributed by atoms with Crippen LogP contribution in [0.25, 0.3) is 0 Å². The maximum absolute atomic E-state index is 11.3. The van der Waals surface area contributed by atoms with Gasteiger partial charge in [-0.1, -0.05) is 39.5 Å². The van der Waals surface area contributed by atoms with Crippen LogP contribution in [0.4, 0.5) is 0 Å². The summed E-state index contributed by atoms with van der Waals surface area (Å²) in [5, 5.41) is 12.8. The van der Waals surface area contributed by atoms with Crippen molar-refractivity contribution in [2.24, 2.45) is 0 Å². The summed E-state index contributed by atoms with van der Waals surface area (Å²) < 4.78 is 54.5. The van der Waals surface area contributed by atoms with Gasteiger partial charge in [0.2, 0.25) is 19.1 Å². The van der Waals surface area contributed by atoms with Gasteiger partial charge in [0, 0.05) is 6.07 Å². The maximum Gasteiger partial charge on any atom is 0.376 e. The molecule has 2 heterocycles. The Morgan fingerprint density at radius 2 is 1.20 bits per heavy atom. The molecule has 18 nitrogen and oxygen atoms in total. The first-order valence-electron chi connectivity index (χ1n) is 13.9. The van der Waals surface area contributed by atoms with Crippen molar-refractivity contribution in [1.29, 1.82) is 0 Å². The van der Waals surface area contributed by atoms with Crippen LogP contribution in [0.3, 0.4) is 0 Å². The summed E-state index contributed by atoms with van der Waals surface area (Å²) in [6.45, 7) is 3.25. The molecule has 0 aromatic carbocycles. The lowest BCUT2D eigenvalue weighted by molar-refractivity contribution is -0.703. The highest BCUT2D eigenvalue weighted by atomic mass is 31.2. The lowest BCUT2D eigenvalue weighted by Gasteiger charge is -2.27. The van der Waals surface area contributed by atoms with Crippen molar-refractivity contribution in [3.8, 4) is 5.75 Å². The third-order valence-corrected chi connectivity index (χ3v) is 13.9. The fourth-order valence-corrected chi connectivity index (χ4v) is 7.94. The molecule has 0 aliphatic rings. The first-order chi connectivity index (χ1) is 20.5. The summed E-state index contributed by atoms with van der Waals surface area (Å²) in [6, 6.07) is 3.03. The molecule has 10 N–H and O–H groups in total. The molecule has 2 rings (SSSR count). The number of rotatable bonds is 18. The molecule has 0 saturated heterocycles. The molecule has 0 saturated carbocycles. The second-order valence-corrected chi connectivity index (χ2v) is 18.4. The molecule has 0 radical (unpaired) electrons. The van der Waals surface area contributed by atoms with Gasteiger partial charge in [-0.05, 0) is 25.3 Å². The van der Waals surface area contributed by atoms with Crippen LogP contribution in [0.15, 0.2) is 43.2 Å². The number of unbranched alkanes of at least 4 members (excludes halogenated alkanes) is 5. The second-order valence-electron chi connectivity index (χ2n) is 10.4. The summed E-state index contributed by atoms with van der Waals surface area (Å²) >= 11 is 0. The van der Waals surface area contributed by atoms with Crippen LogP contribution in [-0.2, 0) is 37.9 Å². The van der Waals surface area contributed by atoms with E-state index in [4.69, 9.17) is 43.9 Å². The van der Waals surface area contributed by atoms with E-state index in [-0.39, 0.29) is 0 Å². The highest BCUT2D eigenvalue weighted by Gasteiger charge is 2.63. The summed E-state index contributed by atoms with van der Waals surface area (Å²) in [5.41, 5.74) is 0. The van der Waals surface area contributed by atoms with Crippen molar-refractivity contribution in [2.75, 3.05) is 6.61 Å². The van der Waals surface area contributed by atoms with Gasteiger partial charge in [0.25, 0.3) is 0 Å². The number of aromatic nitrogens is 3. The highest BCUT2D eigenvalue weighted by Crippen LogP contribution is 2.68. The van der Waals surface area contributed by atoms with Crippen molar-refractivity contribution in [3.05, 3.63) is 43.2 Å². The molecule has 0 bridgehead atoms. The summed E-state index contributed by atoms with van der Waals surface area (Å²) in [6.07, 6.45) is 14.6. The number of nitrogens with zero attached hydrogens (tertiary/aromatic N) is 3. The van der Waals surface area contributed by atoms with E-state index in [1.54, 1.807) is 16.8 Å². The molecule has 0 amide bonds. The van der Waals surface area contributed by atoms with Gasteiger partial charge < -0.3 is 54.1 Å². The Morgan fingerprint density at radius 1 is 0.711 bits per heavy atom. The number of imidazole rings is 1. The van der Waals surface area contributed by atoms with Gasteiger partial charge in [0.1, 0.15) is 18.9 Å². The van der Waals surface area contributed by atoms with Gasteiger partial charge in [-0.25, -0.2) is 9.13 Å². The fraction of sp³-hybridized carbons (Fsp3) is 0.652. The molecule has 0 spiro atoms. The Morgan fingerprint density at radius 3 is 1.69 bits per heavy atom. The van der Waals surface area contributed by atoms with Crippen LogP contribution in [-0.4, -0.2) is 70.7 Å². The predicted molar refractivity (Wildman–Crippen MR) is 159 cm³/mol. The van der Waals surface area contributed by atoms with Crippen LogP contribution in [0.1, 0.15) is 58.8 Å². The van der Waals surface area contributed by atoms with Crippen molar-refractivity contribution < 1.29 is 81.5 Å². The minimum atomic E-state index is -5.48. The number of aliphatic hydroxyl groups is 2. The van der Waals surface area contributed by atoms with Crippen molar-refractivity contribution in [3.63, 3.8) is 0 Å². The Bertz CT molecular complexity index is 1350. The smallest absolute Gasteiger partial charge is 0.376 e. The minimum absolute atomic E-state index is 0.345. The van der Waals surface area contributed by atoms with Crippen molar-refractivity contribution >= 4 is 30.4 Å². The zero-order valence-corrected chi connectivity index (χ0v) is 28.5. The third kappa shape index (κ3) is 12.3. The zero-order valence-electron chi connectivity index (χ0n) is 25.0. The van der Waals surface area contributed by atoms with Gasteiger partial charge >= 0.3 is 40.5 Å². The summed E-state index contributed by atoms with van der Waals surface area (Å²) in [7, 11) is -21.8. The van der Waals surface area contributed by atoms with E-state index in [0.29, 0.717) is 18.9 Å². The molecule has 0 aliphatic carbocycles. The minimum Gasteiger partial charge on any atom is -0.487 e. The van der Waals surface area contributed by atoms with Crippen LogP contribution >= 0.6 is 30.4 Å². The average Bonchev–Trinajstić information content (AvgIpc) is 3.34. The highest BCUT2D eigenvalue weighted by molar-refractivity contribution is 7.72. The van der Waals surface area contributed by atoms with E-state index in [9.17, 15) is 28.5 Å².